The molecule has 0 bridgehead atoms. The minimum atomic E-state index is -0.292. The lowest BCUT2D eigenvalue weighted by Crippen LogP contribution is -2.38. The van der Waals surface area contributed by atoms with Crippen molar-refractivity contribution in [3.05, 3.63) is 65.7 Å². The maximum absolute atomic E-state index is 15.3. The van der Waals surface area contributed by atoms with Crippen LogP contribution in [0.1, 0.15) is 55.7 Å². The van der Waals surface area contributed by atoms with Crippen molar-refractivity contribution in [3.8, 4) is 11.3 Å². The molecule has 5 nitrogen and oxygen atoms in total. The number of amides is 1. The molecule has 0 unspecified atom stereocenters. The Hall–Kier alpha value is -3.28. The van der Waals surface area contributed by atoms with Crippen molar-refractivity contribution in [1.82, 2.24) is 19.5 Å². The van der Waals surface area contributed by atoms with E-state index in [2.05, 4.69) is 17.0 Å². The van der Waals surface area contributed by atoms with E-state index in [1.165, 1.54) is 0 Å². The first-order chi connectivity index (χ1) is 15.6. The predicted octanol–water partition coefficient (Wildman–Crippen LogP) is 5.66. The lowest BCUT2D eigenvalue weighted by molar-refractivity contribution is 0.0692. The Morgan fingerprint density at radius 3 is 2.81 bits per heavy atom. The van der Waals surface area contributed by atoms with Gasteiger partial charge in [0.1, 0.15) is 11.5 Å². The zero-order valence-electron chi connectivity index (χ0n) is 18.5. The summed E-state index contributed by atoms with van der Waals surface area (Å²) in [7, 11) is 0. The molecule has 0 aliphatic carbocycles. The second-order valence-corrected chi connectivity index (χ2v) is 8.63. The normalized spacial score (nSPS) is 17.1. The highest BCUT2D eigenvalue weighted by Gasteiger charge is 2.25. The molecule has 2 aromatic carbocycles. The quantitative estimate of drug-likeness (QED) is 0.422. The van der Waals surface area contributed by atoms with Crippen LogP contribution in [0.3, 0.4) is 0 Å². The van der Waals surface area contributed by atoms with Gasteiger partial charge in [0.25, 0.3) is 5.91 Å². The maximum Gasteiger partial charge on any atom is 0.272 e. The van der Waals surface area contributed by atoms with Crippen molar-refractivity contribution in [3.63, 3.8) is 0 Å². The first kappa shape index (κ1) is 20.6. The van der Waals surface area contributed by atoms with Crippen LogP contribution >= 0.6 is 0 Å². The molecule has 164 valence electrons. The van der Waals surface area contributed by atoms with Crippen molar-refractivity contribution >= 4 is 22.3 Å². The van der Waals surface area contributed by atoms with Gasteiger partial charge in [0, 0.05) is 35.3 Å². The average molecular weight is 431 g/mol. The molecule has 32 heavy (non-hydrogen) atoms. The van der Waals surface area contributed by atoms with Crippen LogP contribution in [0.4, 0.5) is 4.39 Å². The first-order valence-electron chi connectivity index (χ1n) is 11.4. The van der Waals surface area contributed by atoms with Gasteiger partial charge in [-0.2, -0.15) is 5.10 Å². The van der Waals surface area contributed by atoms with E-state index in [9.17, 15) is 4.79 Å². The number of nitrogens with zero attached hydrogens (tertiary/aromatic N) is 4. The van der Waals surface area contributed by atoms with Crippen molar-refractivity contribution in [2.24, 2.45) is 0 Å². The van der Waals surface area contributed by atoms with Gasteiger partial charge in [0.05, 0.1) is 5.69 Å². The monoisotopic (exact) mass is 430 g/mol. The molecule has 1 amide bonds. The summed E-state index contributed by atoms with van der Waals surface area (Å²) in [4.78, 5) is 19.9. The number of benzene rings is 2. The van der Waals surface area contributed by atoms with E-state index >= 15 is 4.39 Å². The number of hydrogen-bond acceptors (Lipinski definition) is 3. The molecule has 3 heterocycles. The van der Waals surface area contributed by atoms with Gasteiger partial charge in [0.2, 0.25) is 0 Å². The summed E-state index contributed by atoms with van der Waals surface area (Å²) >= 11 is 0. The summed E-state index contributed by atoms with van der Waals surface area (Å²) < 4.78 is 17.0. The Balaban J connectivity index is 1.59. The third-order valence-corrected chi connectivity index (χ3v) is 6.54. The molecule has 0 saturated carbocycles. The zero-order chi connectivity index (χ0) is 22.2. The third-order valence-electron chi connectivity index (χ3n) is 6.54. The number of hydrogen-bond donors (Lipinski definition) is 0. The van der Waals surface area contributed by atoms with Crippen LogP contribution in [0.5, 0.6) is 0 Å². The third kappa shape index (κ3) is 3.53. The molecule has 5 rings (SSSR count). The number of halogens is 1. The van der Waals surface area contributed by atoms with Gasteiger partial charge in [-0.05, 0) is 43.7 Å². The van der Waals surface area contributed by atoms with E-state index in [1.54, 1.807) is 22.7 Å². The standard InChI is InChI=1S/C26H27FN4O/c1-3-19-15-23(26(32)30-14-8-4-5-9-17(30)2)28-24-16-22(29-31(19)24)21-13-12-18-10-6-7-11-20(18)25(21)27/h6-7,10-13,15-17H,3-5,8-9,14H2,1-2H3/t17-/m1/s1. The van der Waals surface area contributed by atoms with E-state index in [1.807, 2.05) is 42.2 Å². The van der Waals surface area contributed by atoms with Crippen LogP contribution in [-0.2, 0) is 6.42 Å². The lowest BCUT2D eigenvalue weighted by Gasteiger charge is -2.27. The Morgan fingerprint density at radius 1 is 1.12 bits per heavy atom. The van der Waals surface area contributed by atoms with Crippen LogP contribution in [-0.4, -0.2) is 38.0 Å². The number of carbonyl (C=O) groups excluding carboxylic acids is 1. The molecule has 1 fully saturated rings. The molecule has 1 aliphatic rings. The highest BCUT2D eigenvalue weighted by atomic mass is 19.1. The number of aryl methyl sites for hydroxylation is 1. The van der Waals surface area contributed by atoms with Gasteiger partial charge in [-0.25, -0.2) is 13.9 Å². The number of carbonyl (C=O) groups is 1. The molecule has 4 aromatic rings. The van der Waals surface area contributed by atoms with Crippen molar-refractivity contribution in [2.45, 2.75) is 52.0 Å². The highest BCUT2D eigenvalue weighted by molar-refractivity contribution is 5.93. The number of fused-ring (bicyclic) bond motifs is 2. The first-order valence-corrected chi connectivity index (χ1v) is 11.4. The minimum absolute atomic E-state index is 0.0313. The molecule has 1 saturated heterocycles. The number of likely N-dealkylation sites (tertiary alicyclic amines) is 1. The fourth-order valence-corrected chi connectivity index (χ4v) is 4.69. The van der Waals surface area contributed by atoms with Gasteiger partial charge < -0.3 is 4.90 Å². The Bertz CT molecular complexity index is 1310. The Morgan fingerprint density at radius 2 is 1.97 bits per heavy atom. The Labute approximate surface area is 186 Å². The fraction of sp³-hybridized carbons (Fsp3) is 0.346. The zero-order valence-corrected chi connectivity index (χ0v) is 18.5. The average Bonchev–Trinajstić information content (AvgIpc) is 3.12. The van der Waals surface area contributed by atoms with Gasteiger partial charge in [-0.3, -0.25) is 4.79 Å². The molecule has 2 aromatic heterocycles. The second-order valence-electron chi connectivity index (χ2n) is 8.63. The molecule has 1 aliphatic heterocycles. The van der Waals surface area contributed by atoms with E-state index in [0.717, 1.165) is 43.3 Å². The summed E-state index contributed by atoms with van der Waals surface area (Å²) in [5.41, 5.74) is 2.84. The van der Waals surface area contributed by atoms with Gasteiger partial charge >= 0.3 is 0 Å². The van der Waals surface area contributed by atoms with Crippen molar-refractivity contribution in [2.75, 3.05) is 6.54 Å². The van der Waals surface area contributed by atoms with Gasteiger partial charge in [0.15, 0.2) is 5.65 Å². The van der Waals surface area contributed by atoms with Crippen molar-refractivity contribution in [1.29, 1.82) is 0 Å². The van der Waals surface area contributed by atoms with Gasteiger partial charge in [-0.1, -0.05) is 50.1 Å². The van der Waals surface area contributed by atoms with Crippen LogP contribution < -0.4 is 0 Å². The van der Waals surface area contributed by atoms with E-state index in [4.69, 9.17) is 0 Å². The maximum atomic E-state index is 15.3. The largest absolute Gasteiger partial charge is 0.335 e. The second kappa shape index (κ2) is 8.34. The van der Waals surface area contributed by atoms with Crippen LogP contribution in [0, 0.1) is 5.82 Å². The molecule has 6 heteroatoms. The van der Waals surface area contributed by atoms with Gasteiger partial charge in [-0.15, -0.1) is 0 Å². The summed E-state index contributed by atoms with van der Waals surface area (Å²) in [6.07, 6.45) is 5.05. The van der Waals surface area contributed by atoms with E-state index in [-0.39, 0.29) is 17.8 Å². The number of rotatable bonds is 3. The Kier molecular flexibility index (Phi) is 5.37. The topological polar surface area (TPSA) is 50.5 Å². The molecule has 0 N–H and O–H groups in total. The van der Waals surface area contributed by atoms with E-state index in [0.29, 0.717) is 34.4 Å². The van der Waals surface area contributed by atoms with Crippen molar-refractivity contribution < 1.29 is 9.18 Å². The minimum Gasteiger partial charge on any atom is -0.335 e. The predicted molar refractivity (Wildman–Crippen MR) is 124 cm³/mol. The van der Waals surface area contributed by atoms with E-state index < -0.39 is 0 Å². The highest BCUT2D eigenvalue weighted by Crippen LogP contribution is 2.29. The van der Waals surface area contributed by atoms with Crippen LogP contribution in [0.2, 0.25) is 0 Å². The molecule has 1 atom stereocenters. The smallest absolute Gasteiger partial charge is 0.272 e. The molecular formula is C26H27FN4O. The summed E-state index contributed by atoms with van der Waals surface area (Å²) in [6.45, 7) is 4.90. The fourth-order valence-electron chi connectivity index (χ4n) is 4.69. The van der Waals surface area contributed by atoms with Crippen LogP contribution in [0.25, 0.3) is 27.7 Å². The molecular weight excluding hydrogens is 403 g/mol. The lowest BCUT2D eigenvalue weighted by atomic mass is 10.0. The summed E-state index contributed by atoms with van der Waals surface area (Å²) in [5, 5.41) is 6.07. The molecule has 0 radical (unpaired) electrons. The summed E-state index contributed by atoms with van der Waals surface area (Å²) in [6, 6.07) is 14.9. The number of aromatic nitrogens is 3. The molecule has 0 spiro atoms. The SMILES string of the molecule is CCc1cc(C(=O)N2CCCCC[C@H]2C)nc2cc(-c3ccc4ccccc4c3F)nn12. The van der Waals surface area contributed by atoms with Crippen LogP contribution in [0.15, 0.2) is 48.5 Å². The summed E-state index contributed by atoms with van der Waals surface area (Å²) in [5.74, 6) is -0.324.